The van der Waals surface area contributed by atoms with Crippen LogP contribution in [0.5, 0.6) is 5.88 Å². The number of pyridine rings is 1. The Bertz CT molecular complexity index is 610. The third kappa shape index (κ3) is 2.68. The van der Waals surface area contributed by atoms with Gasteiger partial charge in [0.1, 0.15) is 0 Å². The molecule has 1 aliphatic rings. The van der Waals surface area contributed by atoms with Gasteiger partial charge in [-0.2, -0.15) is 0 Å². The lowest BCUT2D eigenvalue weighted by Gasteiger charge is -2.15. The van der Waals surface area contributed by atoms with E-state index < -0.39 is 0 Å². The number of aryl methyl sites for hydroxylation is 2. The Kier molecular flexibility index (Phi) is 3.70. The summed E-state index contributed by atoms with van der Waals surface area (Å²) in [6.45, 7) is 3.00. The lowest BCUT2D eigenvalue weighted by molar-refractivity contribution is 0.396. The van der Waals surface area contributed by atoms with Crippen LogP contribution >= 0.6 is 0 Å². The second kappa shape index (κ2) is 5.63. The summed E-state index contributed by atoms with van der Waals surface area (Å²) in [5.41, 5.74) is 5.49. The van der Waals surface area contributed by atoms with Crippen LogP contribution in [0.3, 0.4) is 0 Å². The van der Waals surface area contributed by atoms with Gasteiger partial charge in [0.25, 0.3) is 0 Å². The topological polar surface area (TPSA) is 34.1 Å². The minimum Gasteiger partial charge on any atom is -0.481 e. The lowest BCUT2D eigenvalue weighted by atomic mass is 10.0. The van der Waals surface area contributed by atoms with Gasteiger partial charge in [0.2, 0.25) is 5.88 Å². The van der Waals surface area contributed by atoms with E-state index in [9.17, 15) is 0 Å². The van der Waals surface area contributed by atoms with Gasteiger partial charge in [-0.15, -0.1) is 0 Å². The highest BCUT2D eigenvalue weighted by Crippen LogP contribution is 2.31. The van der Waals surface area contributed by atoms with E-state index in [1.807, 2.05) is 12.1 Å². The lowest BCUT2D eigenvalue weighted by Crippen LogP contribution is -2.18. The highest BCUT2D eigenvalue weighted by Gasteiger charge is 2.21. The Hall–Kier alpha value is -1.87. The molecule has 2 aromatic rings. The molecular weight excluding hydrogens is 248 g/mol. The van der Waals surface area contributed by atoms with Gasteiger partial charge in [-0.1, -0.05) is 23.8 Å². The first-order chi connectivity index (χ1) is 9.76. The van der Waals surface area contributed by atoms with Crippen molar-refractivity contribution in [2.45, 2.75) is 32.4 Å². The number of aromatic nitrogens is 1. The van der Waals surface area contributed by atoms with Crippen molar-refractivity contribution < 1.29 is 4.74 Å². The van der Waals surface area contributed by atoms with Crippen LogP contribution in [0.25, 0.3) is 0 Å². The summed E-state index contributed by atoms with van der Waals surface area (Å²) >= 11 is 0. The van der Waals surface area contributed by atoms with Gasteiger partial charge in [-0.25, -0.2) is 4.98 Å². The van der Waals surface area contributed by atoms with Crippen LogP contribution in [0.15, 0.2) is 36.5 Å². The average Bonchev–Trinajstić information content (AvgIpc) is 2.87. The Morgan fingerprint density at radius 2 is 2.20 bits per heavy atom. The van der Waals surface area contributed by atoms with Crippen molar-refractivity contribution in [1.29, 1.82) is 0 Å². The molecular formula is C17H20N2O. The second-order valence-electron chi connectivity index (χ2n) is 5.38. The largest absolute Gasteiger partial charge is 0.481 e. The number of hydrogen-bond donors (Lipinski definition) is 1. The zero-order valence-electron chi connectivity index (χ0n) is 12.0. The Balaban J connectivity index is 1.70. The summed E-state index contributed by atoms with van der Waals surface area (Å²) in [4.78, 5) is 4.14. The number of rotatable bonds is 4. The fraction of sp³-hybridized carbons (Fsp3) is 0.353. The van der Waals surface area contributed by atoms with Gasteiger partial charge >= 0.3 is 0 Å². The predicted molar refractivity (Wildman–Crippen MR) is 79.9 cm³/mol. The molecule has 1 heterocycles. The SMILES string of the molecule is COc1cc(CNC2CCc3ccc(C)cc32)ccn1. The molecule has 0 aliphatic heterocycles. The molecule has 1 atom stereocenters. The molecule has 0 amide bonds. The normalized spacial score (nSPS) is 17.0. The summed E-state index contributed by atoms with van der Waals surface area (Å²) in [5.74, 6) is 0.673. The maximum absolute atomic E-state index is 5.16. The maximum Gasteiger partial charge on any atom is 0.213 e. The molecule has 1 unspecified atom stereocenters. The van der Waals surface area contributed by atoms with Crippen molar-refractivity contribution in [3.05, 3.63) is 58.8 Å². The number of methoxy groups -OCH3 is 1. The summed E-state index contributed by atoms with van der Waals surface area (Å²) in [6, 6.07) is 11.3. The van der Waals surface area contributed by atoms with Gasteiger partial charge in [0, 0.05) is 24.8 Å². The van der Waals surface area contributed by atoms with Crippen molar-refractivity contribution in [2.24, 2.45) is 0 Å². The molecule has 20 heavy (non-hydrogen) atoms. The van der Waals surface area contributed by atoms with Gasteiger partial charge in [0.05, 0.1) is 7.11 Å². The second-order valence-corrected chi connectivity index (χ2v) is 5.38. The quantitative estimate of drug-likeness (QED) is 0.924. The summed E-state index contributed by atoms with van der Waals surface area (Å²) in [6.07, 6.45) is 4.15. The van der Waals surface area contributed by atoms with E-state index in [0.717, 1.165) is 6.54 Å². The van der Waals surface area contributed by atoms with Crippen LogP contribution in [0.1, 0.15) is 34.7 Å². The van der Waals surface area contributed by atoms with Crippen molar-refractivity contribution in [3.63, 3.8) is 0 Å². The number of fused-ring (bicyclic) bond motifs is 1. The molecule has 0 radical (unpaired) electrons. The number of nitrogens with one attached hydrogen (secondary N) is 1. The molecule has 1 N–H and O–H groups in total. The first kappa shape index (κ1) is 13.1. The van der Waals surface area contributed by atoms with E-state index in [1.165, 1.54) is 35.1 Å². The first-order valence-corrected chi connectivity index (χ1v) is 7.08. The Morgan fingerprint density at radius 1 is 1.30 bits per heavy atom. The average molecular weight is 268 g/mol. The smallest absolute Gasteiger partial charge is 0.213 e. The van der Waals surface area contributed by atoms with Crippen LogP contribution in [0.4, 0.5) is 0 Å². The van der Waals surface area contributed by atoms with Crippen molar-refractivity contribution >= 4 is 0 Å². The Labute approximate surface area is 120 Å². The molecule has 1 aromatic heterocycles. The highest BCUT2D eigenvalue weighted by atomic mass is 16.5. The molecule has 1 aliphatic carbocycles. The summed E-state index contributed by atoms with van der Waals surface area (Å²) in [5, 5.41) is 3.65. The van der Waals surface area contributed by atoms with E-state index in [0.29, 0.717) is 11.9 Å². The van der Waals surface area contributed by atoms with Crippen LogP contribution in [-0.4, -0.2) is 12.1 Å². The fourth-order valence-corrected chi connectivity index (χ4v) is 2.85. The van der Waals surface area contributed by atoms with Crippen LogP contribution in [-0.2, 0) is 13.0 Å². The van der Waals surface area contributed by atoms with E-state index in [-0.39, 0.29) is 0 Å². The predicted octanol–water partition coefficient (Wildman–Crippen LogP) is 3.18. The minimum absolute atomic E-state index is 0.462. The van der Waals surface area contributed by atoms with Crippen LogP contribution in [0.2, 0.25) is 0 Å². The molecule has 0 spiro atoms. The molecule has 0 saturated heterocycles. The molecule has 1 aromatic carbocycles. The Morgan fingerprint density at radius 3 is 3.05 bits per heavy atom. The minimum atomic E-state index is 0.462. The standard InChI is InChI=1S/C17H20N2O/c1-12-3-4-14-5-6-16(15(14)9-12)19-11-13-7-8-18-17(10-13)20-2/h3-4,7-10,16,19H,5-6,11H2,1-2H3. The third-order valence-electron chi connectivity index (χ3n) is 3.94. The molecule has 0 saturated carbocycles. The summed E-state index contributed by atoms with van der Waals surface area (Å²) in [7, 11) is 1.65. The van der Waals surface area contributed by atoms with E-state index in [4.69, 9.17) is 4.74 Å². The summed E-state index contributed by atoms with van der Waals surface area (Å²) < 4.78 is 5.16. The molecule has 3 nitrogen and oxygen atoms in total. The van der Waals surface area contributed by atoms with Crippen molar-refractivity contribution in [1.82, 2.24) is 10.3 Å². The first-order valence-electron chi connectivity index (χ1n) is 7.08. The number of benzene rings is 1. The molecule has 3 rings (SSSR count). The molecule has 0 fully saturated rings. The van der Waals surface area contributed by atoms with Gasteiger partial charge in [-0.3, -0.25) is 0 Å². The number of nitrogens with zero attached hydrogens (tertiary/aromatic N) is 1. The van der Waals surface area contributed by atoms with Crippen LogP contribution < -0.4 is 10.1 Å². The van der Waals surface area contributed by atoms with E-state index >= 15 is 0 Å². The monoisotopic (exact) mass is 268 g/mol. The van der Waals surface area contributed by atoms with Gasteiger partial charge in [-0.05, 0) is 42.5 Å². The van der Waals surface area contributed by atoms with E-state index in [1.54, 1.807) is 13.3 Å². The van der Waals surface area contributed by atoms with Crippen LogP contribution in [0, 0.1) is 6.92 Å². The zero-order valence-corrected chi connectivity index (χ0v) is 12.0. The highest BCUT2D eigenvalue weighted by molar-refractivity contribution is 5.37. The third-order valence-corrected chi connectivity index (χ3v) is 3.94. The molecule has 104 valence electrons. The number of ether oxygens (including phenoxy) is 1. The maximum atomic E-state index is 5.16. The van der Waals surface area contributed by atoms with E-state index in [2.05, 4.69) is 35.4 Å². The fourth-order valence-electron chi connectivity index (χ4n) is 2.85. The zero-order chi connectivity index (χ0) is 13.9. The number of hydrogen-bond acceptors (Lipinski definition) is 3. The van der Waals surface area contributed by atoms with Gasteiger partial charge in [0.15, 0.2) is 0 Å². The molecule has 0 bridgehead atoms. The van der Waals surface area contributed by atoms with Gasteiger partial charge < -0.3 is 10.1 Å². The van der Waals surface area contributed by atoms with Crippen molar-refractivity contribution in [3.8, 4) is 5.88 Å². The van der Waals surface area contributed by atoms with Crippen molar-refractivity contribution in [2.75, 3.05) is 7.11 Å². The molecule has 3 heteroatoms.